The second-order valence-corrected chi connectivity index (χ2v) is 5.82. The highest BCUT2D eigenvalue weighted by Gasteiger charge is 2.34. The molecule has 0 aromatic heterocycles. The van der Waals surface area contributed by atoms with E-state index in [4.69, 9.17) is 4.74 Å². The lowest BCUT2D eigenvalue weighted by Gasteiger charge is -2.19. The lowest BCUT2D eigenvalue weighted by Crippen LogP contribution is -2.33. The number of benzene rings is 1. The van der Waals surface area contributed by atoms with Crippen LogP contribution in [0.2, 0.25) is 0 Å². The Morgan fingerprint density at radius 3 is 2.58 bits per heavy atom. The highest BCUT2D eigenvalue weighted by molar-refractivity contribution is 6.39. The normalized spacial score (nSPS) is 20.3. The molecule has 24 heavy (non-hydrogen) atoms. The second kappa shape index (κ2) is 8.52. The zero-order chi connectivity index (χ0) is 17.5. The summed E-state index contributed by atoms with van der Waals surface area (Å²) in [4.78, 5) is 36.7. The van der Waals surface area contributed by atoms with Crippen LogP contribution < -0.4 is 0 Å². The first-order valence-electron chi connectivity index (χ1n) is 8.24. The Hall–Kier alpha value is -2.30. The summed E-state index contributed by atoms with van der Waals surface area (Å²) in [7, 11) is 0. The predicted octanol–water partition coefficient (Wildman–Crippen LogP) is 3.49. The molecule has 1 atom stereocenters. The molecule has 0 N–H and O–H groups in total. The van der Waals surface area contributed by atoms with Gasteiger partial charge in [-0.25, -0.2) is 9.18 Å². The van der Waals surface area contributed by atoms with Gasteiger partial charge < -0.3 is 4.74 Å². The van der Waals surface area contributed by atoms with E-state index >= 15 is 0 Å². The lowest BCUT2D eigenvalue weighted by molar-refractivity contribution is -0.156. The van der Waals surface area contributed by atoms with Crippen LogP contribution in [0.5, 0.6) is 0 Å². The van der Waals surface area contributed by atoms with Crippen LogP contribution in [-0.2, 0) is 19.1 Å². The molecule has 128 valence electrons. The van der Waals surface area contributed by atoms with E-state index in [9.17, 15) is 18.8 Å². The van der Waals surface area contributed by atoms with Gasteiger partial charge in [0.2, 0.25) is 0 Å². The fourth-order valence-electron chi connectivity index (χ4n) is 2.82. The molecule has 4 nitrogen and oxygen atoms in total. The van der Waals surface area contributed by atoms with Crippen molar-refractivity contribution in [3.8, 4) is 0 Å². The van der Waals surface area contributed by atoms with Crippen LogP contribution in [0.25, 0.3) is 6.08 Å². The largest absolute Gasteiger partial charge is 0.460 e. The number of Topliss-reactive ketones (excluding diaryl/α,β-unsaturated/α-hetero) is 2. The maximum Gasteiger partial charge on any atom is 0.375 e. The van der Waals surface area contributed by atoms with Crippen LogP contribution in [0, 0.1) is 11.7 Å². The van der Waals surface area contributed by atoms with E-state index in [1.54, 1.807) is 25.1 Å². The predicted molar refractivity (Wildman–Crippen MR) is 87.6 cm³/mol. The van der Waals surface area contributed by atoms with Crippen LogP contribution in [0.1, 0.15) is 44.6 Å². The van der Waals surface area contributed by atoms with Crippen LogP contribution in [0.15, 0.2) is 29.8 Å². The third-order valence-corrected chi connectivity index (χ3v) is 4.08. The quantitative estimate of drug-likeness (QED) is 0.366. The summed E-state index contributed by atoms with van der Waals surface area (Å²) in [6.45, 7) is 1.72. The van der Waals surface area contributed by atoms with Gasteiger partial charge in [0.1, 0.15) is 5.82 Å². The van der Waals surface area contributed by atoms with E-state index in [2.05, 4.69) is 0 Å². The summed E-state index contributed by atoms with van der Waals surface area (Å²) in [5, 5.41) is 0. The smallest absolute Gasteiger partial charge is 0.375 e. The number of hydrogen-bond acceptors (Lipinski definition) is 4. The van der Waals surface area contributed by atoms with Gasteiger partial charge in [-0.1, -0.05) is 25.0 Å². The average molecular weight is 332 g/mol. The maximum absolute atomic E-state index is 13.0. The monoisotopic (exact) mass is 332 g/mol. The molecular weight excluding hydrogens is 311 g/mol. The molecule has 1 aromatic carbocycles. The van der Waals surface area contributed by atoms with E-state index < -0.39 is 17.7 Å². The number of halogens is 1. The number of ketones is 2. The van der Waals surface area contributed by atoms with Gasteiger partial charge in [-0.3, -0.25) is 9.59 Å². The van der Waals surface area contributed by atoms with Gasteiger partial charge in [0, 0.05) is 0 Å². The molecule has 1 saturated carbocycles. The Labute approximate surface area is 140 Å². The summed E-state index contributed by atoms with van der Waals surface area (Å²) in [5.74, 6) is -3.36. The van der Waals surface area contributed by atoms with E-state index in [-0.39, 0.29) is 18.2 Å². The summed E-state index contributed by atoms with van der Waals surface area (Å²) >= 11 is 0. The molecule has 1 unspecified atom stereocenters. The summed E-state index contributed by atoms with van der Waals surface area (Å²) in [5.41, 5.74) is 1.20. The third-order valence-electron chi connectivity index (χ3n) is 4.08. The van der Waals surface area contributed by atoms with Gasteiger partial charge >= 0.3 is 5.97 Å². The molecule has 1 aromatic rings. The number of esters is 1. The van der Waals surface area contributed by atoms with E-state index in [0.29, 0.717) is 24.0 Å². The van der Waals surface area contributed by atoms with Gasteiger partial charge in [0.25, 0.3) is 5.78 Å². The van der Waals surface area contributed by atoms with Crippen LogP contribution in [0.3, 0.4) is 0 Å². The lowest BCUT2D eigenvalue weighted by atomic mass is 9.83. The van der Waals surface area contributed by atoms with Crippen molar-refractivity contribution in [2.24, 2.45) is 5.92 Å². The molecule has 0 radical (unpaired) electrons. The van der Waals surface area contributed by atoms with Crippen molar-refractivity contribution in [2.45, 2.75) is 39.0 Å². The molecule has 0 saturated heterocycles. The number of hydrogen-bond donors (Lipinski definition) is 0. The molecular formula is C19H21FO4. The van der Waals surface area contributed by atoms with E-state index in [1.165, 1.54) is 12.1 Å². The Morgan fingerprint density at radius 1 is 1.21 bits per heavy atom. The molecule has 0 spiro atoms. The molecule has 2 rings (SSSR count). The Bertz CT molecular complexity index is 646. The first kappa shape index (κ1) is 18.0. The Kier molecular flexibility index (Phi) is 6.41. The van der Waals surface area contributed by atoms with Crippen molar-refractivity contribution in [3.05, 3.63) is 41.2 Å². The van der Waals surface area contributed by atoms with E-state index in [0.717, 1.165) is 19.3 Å². The zero-order valence-corrected chi connectivity index (χ0v) is 13.7. The SMILES string of the molecule is CCOC(=O)C(=O)C1CCCCC/C(=C\c2ccc(F)cc2)C1=O. The fraction of sp³-hybridized carbons (Fsp3) is 0.421. The Balaban J connectivity index is 2.26. The van der Waals surface area contributed by atoms with Gasteiger partial charge in [-0.05, 0) is 55.5 Å². The first-order chi connectivity index (χ1) is 11.5. The third kappa shape index (κ3) is 4.60. The highest BCUT2D eigenvalue weighted by Crippen LogP contribution is 2.26. The number of ether oxygens (including phenoxy) is 1. The number of carbonyl (C=O) groups excluding carboxylic acids is 3. The molecule has 0 aliphatic heterocycles. The first-order valence-corrected chi connectivity index (χ1v) is 8.24. The average Bonchev–Trinajstić information content (AvgIpc) is 2.56. The van der Waals surface area contributed by atoms with Crippen LogP contribution in [0.4, 0.5) is 4.39 Å². The van der Waals surface area contributed by atoms with Crippen molar-refractivity contribution < 1.29 is 23.5 Å². The molecule has 5 heteroatoms. The summed E-state index contributed by atoms with van der Waals surface area (Å²) in [6, 6.07) is 5.80. The second-order valence-electron chi connectivity index (χ2n) is 5.82. The number of carbonyl (C=O) groups is 3. The molecule has 1 aliphatic carbocycles. The van der Waals surface area contributed by atoms with Gasteiger partial charge in [-0.15, -0.1) is 0 Å². The van der Waals surface area contributed by atoms with Gasteiger partial charge in [0.05, 0.1) is 12.5 Å². The summed E-state index contributed by atoms with van der Waals surface area (Å²) < 4.78 is 17.7. The van der Waals surface area contributed by atoms with Crippen LogP contribution in [-0.4, -0.2) is 24.1 Å². The van der Waals surface area contributed by atoms with E-state index in [1.807, 2.05) is 0 Å². The molecule has 1 aliphatic rings. The van der Waals surface area contributed by atoms with Crippen molar-refractivity contribution in [1.29, 1.82) is 0 Å². The van der Waals surface area contributed by atoms with Gasteiger partial charge in [0.15, 0.2) is 5.78 Å². The van der Waals surface area contributed by atoms with Crippen molar-refractivity contribution in [2.75, 3.05) is 6.61 Å². The molecule has 0 heterocycles. The number of rotatable bonds is 4. The maximum atomic E-state index is 13.0. The summed E-state index contributed by atoms with van der Waals surface area (Å²) in [6.07, 6.45) is 5.05. The minimum Gasteiger partial charge on any atom is -0.460 e. The standard InChI is InChI=1S/C19H21FO4/c1-2-24-19(23)18(22)16-7-5-3-4-6-14(17(16)21)12-13-8-10-15(20)11-9-13/h8-12,16H,2-7H2,1H3/b14-12+. The van der Waals surface area contributed by atoms with Gasteiger partial charge in [-0.2, -0.15) is 0 Å². The fourth-order valence-corrected chi connectivity index (χ4v) is 2.82. The topological polar surface area (TPSA) is 60.4 Å². The number of allylic oxidation sites excluding steroid dienone is 1. The molecule has 1 fully saturated rings. The van der Waals surface area contributed by atoms with Crippen molar-refractivity contribution >= 4 is 23.6 Å². The molecule has 0 amide bonds. The Morgan fingerprint density at radius 2 is 1.92 bits per heavy atom. The van der Waals surface area contributed by atoms with Crippen molar-refractivity contribution in [1.82, 2.24) is 0 Å². The van der Waals surface area contributed by atoms with Crippen LogP contribution >= 0.6 is 0 Å². The van der Waals surface area contributed by atoms with Crippen molar-refractivity contribution in [3.63, 3.8) is 0 Å². The molecule has 0 bridgehead atoms. The minimum absolute atomic E-state index is 0.101. The zero-order valence-electron chi connectivity index (χ0n) is 13.7. The highest BCUT2D eigenvalue weighted by atomic mass is 19.1. The minimum atomic E-state index is -0.976.